The van der Waals surface area contributed by atoms with E-state index in [1.165, 1.54) is 0 Å². The van der Waals surface area contributed by atoms with Crippen molar-refractivity contribution < 1.29 is 49.1 Å². The molecule has 16 heteroatoms. The van der Waals surface area contributed by atoms with E-state index < -0.39 is 84.0 Å². The maximum absolute atomic E-state index is 15.3. The highest BCUT2D eigenvalue weighted by Crippen LogP contribution is 2.43. The Morgan fingerprint density at radius 1 is 0.929 bits per heavy atom. The molecular formula is C26H22Cl3F9N2O2. The number of alkyl halides is 8. The van der Waals surface area contributed by atoms with E-state index in [9.17, 15) is 44.7 Å². The van der Waals surface area contributed by atoms with E-state index in [4.69, 9.17) is 34.8 Å². The van der Waals surface area contributed by atoms with Gasteiger partial charge in [-0.05, 0) is 42.8 Å². The van der Waals surface area contributed by atoms with Crippen molar-refractivity contribution >= 4 is 52.4 Å². The zero-order chi connectivity index (χ0) is 32.2. The van der Waals surface area contributed by atoms with E-state index in [0.29, 0.717) is 12.1 Å². The van der Waals surface area contributed by atoms with Crippen LogP contribution in [-0.2, 0) is 11.0 Å². The second kappa shape index (κ2) is 13.8. The summed E-state index contributed by atoms with van der Waals surface area (Å²) in [5.41, 5.74) is -3.74. The van der Waals surface area contributed by atoms with Crippen LogP contribution in [0.4, 0.5) is 39.5 Å². The van der Waals surface area contributed by atoms with Gasteiger partial charge in [0.15, 0.2) is 0 Å². The highest BCUT2D eigenvalue weighted by molar-refractivity contribution is 6.48. The third-order valence-corrected chi connectivity index (χ3v) is 7.01. The minimum Gasteiger partial charge on any atom is -0.336 e. The minimum atomic E-state index is -5.23. The first-order valence-electron chi connectivity index (χ1n) is 11.9. The second-order valence-corrected chi connectivity index (χ2v) is 10.2. The van der Waals surface area contributed by atoms with Gasteiger partial charge in [0.2, 0.25) is 5.91 Å². The van der Waals surface area contributed by atoms with Gasteiger partial charge in [0.25, 0.3) is 11.8 Å². The number of hydrogen-bond donors (Lipinski definition) is 2. The predicted molar refractivity (Wildman–Crippen MR) is 140 cm³/mol. The maximum Gasteiger partial charge on any atom is 0.417 e. The number of carbonyl (C=O) groups is 2. The number of carbonyl (C=O) groups excluding carboxylic acids is 2. The highest BCUT2D eigenvalue weighted by atomic mass is 35.5. The molecule has 0 aromatic heterocycles. The maximum atomic E-state index is 15.3. The first-order valence-corrected chi connectivity index (χ1v) is 13.1. The van der Waals surface area contributed by atoms with Gasteiger partial charge in [0, 0.05) is 18.4 Å². The number of nitrogens with one attached hydrogen (secondary N) is 2. The standard InChI is InChI=1S/C26H22Cl3F9N2O2/c1-3-24(31,32)16(14-9-18(27)22(29)19(28)10-14)11-20(30)13-4-5-15(17(8-13)26(36,37)38)23(42)40-12(2)39-21(41)6-7-25(33,34)35/h4-5,8-12,16H,3,6-7H2,1-2H3,(H,39,41)(H,40,42)/b20-11-. The first kappa shape index (κ1) is 35.6. The number of amides is 2. The molecule has 0 aliphatic carbocycles. The van der Waals surface area contributed by atoms with Crippen molar-refractivity contribution in [3.8, 4) is 0 Å². The fraction of sp³-hybridized carbons (Fsp3) is 0.385. The molecule has 232 valence electrons. The molecule has 2 aromatic rings. The third-order valence-electron chi connectivity index (χ3n) is 5.81. The molecule has 2 amide bonds. The molecule has 2 N–H and O–H groups in total. The Bertz CT molecular complexity index is 1320. The van der Waals surface area contributed by atoms with Gasteiger partial charge in [-0.2, -0.15) is 26.3 Å². The summed E-state index contributed by atoms with van der Waals surface area (Å²) in [4.78, 5) is 24.2. The zero-order valence-corrected chi connectivity index (χ0v) is 23.9. The molecule has 0 bridgehead atoms. The Labute approximate surface area is 249 Å². The summed E-state index contributed by atoms with van der Waals surface area (Å²) in [5, 5.41) is 3.39. The molecule has 2 atom stereocenters. The van der Waals surface area contributed by atoms with Gasteiger partial charge in [0.05, 0.1) is 44.7 Å². The molecule has 2 aromatic carbocycles. The van der Waals surface area contributed by atoms with Gasteiger partial charge in [-0.3, -0.25) is 9.59 Å². The van der Waals surface area contributed by atoms with Crippen LogP contribution in [0.1, 0.15) is 66.1 Å². The average molecular weight is 672 g/mol. The lowest BCUT2D eigenvalue weighted by Gasteiger charge is -2.25. The normalized spacial score (nSPS) is 14.4. The van der Waals surface area contributed by atoms with Gasteiger partial charge < -0.3 is 10.6 Å². The largest absolute Gasteiger partial charge is 0.417 e. The van der Waals surface area contributed by atoms with Crippen molar-refractivity contribution in [1.29, 1.82) is 0 Å². The predicted octanol–water partition coefficient (Wildman–Crippen LogP) is 9.34. The smallest absolute Gasteiger partial charge is 0.336 e. The van der Waals surface area contributed by atoms with Crippen molar-refractivity contribution in [2.75, 3.05) is 0 Å². The summed E-state index contributed by atoms with van der Waals surface area (Å²) < 4.78 is 123. The molecule has 2 rings (SSSR count). The minimum absolute atomic E-state index is 0.149. The van der Waals surface area contributed by atoms with Crippen LogP contribution in [0.15, 0.2) is 36.4 Å². The average Bonchev–Trinajstić information content (AvgIpc) is 2.87. The molecule has 2 unspecified atom stereocenters. The van der Waals surface area contributed by atoms with Crippen molar-refractivity contribution in [3.63, 3.8) is 0 Å². The Balaban J connectivity index is 2.42. The van der Waals surface area contributed by atoms with E-state index in [1.54, 1.807) is 0 Å². The van der Waals surface area contributed by atoms with Crippen LogP contribution in [0, 0.1) is 0 Å². The van der Waals surface area contributed by atoms with Crippen LogP contribution in [0.3, 0.4) is 0 Å². The summed E-state index contributed by atoms with van der Waals surface area (Å²) in [7, 11) is 0. The van der Waals surface area contributed by atoms with Crippen LogP contribution in [-0.4, -0.2) is 30.1 Å². The van der Waals surface area contributed by atoms with Crippen LogP contribution in [0.5, 0.6) is 0 Å². The van der Waals surface area contributed by atoms with Crippen LogP contribution < -0.4 is 10.6 Å². The Morgan fingerprint density at radius 3 is 2.00 bits per heavy atom. The lowest BCUT2D eigenvalue weighted by molar-refractivity contribution is -0.144. The van der Waals surface area contributed by atoms with Crippen molar-refractivity contribution in [3.05, 3.63) is 73.7 Å². The quantitative estimate of drug-likeness (QED) is 0.150. The van der Waals surface area contributed by atoms with Gasteiger partial charge in [-0.15, -0.1) is 0 Å². The molecule has 0 aliphatic heterocycles. The van der Waals surface area contributed by atoms with E-state index >= 15 is 4.39 Å². The number of rotatable bonds is 10. The SMILES string of the molecule is CCC(F)(F)C(/C=C(\F)c1ccc(C(=O)NC(C)NC(=O)CCC(F)(F)F)c(C(F)(F)F)c1)c1cc(Cl)c(Cl)c(Cl)c1. The third kappa shape index (κ3) is 9.70. The highest BCUT2D eigenvalue weighted by Gasteiger charge is 2.39. The monoisotopic (exact) mass is 670 g/mol. The fourth-order valence-corrected chi connectivity index (χ4v) is 4.30. The summed E-state index contributed by atoms with van der Waals surface area (Å²) in [6, 6.07) is 3.60. The Hall–Kier alpha value is -2.64. The number of benzene rings is 2. The van der Waals surface area contributed by atoms with E-state index in [0.717, 1.165) is 32.0 Å². The topological polar surface area (TPSA) is 58.2 Å². The summed E-state index contributed by atoms with van der Waals surface area (Å²) in [5.74, 6) is -9.65. The van der Waals surface area contributed by atoms with Crippen molar-refractivity contribution in [2.24, 2.45) is 0 Å². The number of halogens is 12. The summed E-state index contributed by atoms with van der Waals surface area (Å²) >= 11 is 17.7. The molecule has 0 heterocycles. The molecule has 0 saturated heterocycles. The molecular weight excluding hydrogens is 650 g/mol. The molecule has 0 fully saturated rings. The number of hydrogen-bond acceptors (Lipinski definition) is 2. The van der Waals surface area contributed by atoms with E-state index in [1.807, 2.05) is 10.6 Å². The lowest BCUT2D eigenvalue weighted by atomic mass is 9.89. The molecule has 0 aliphatic rings. The lowest BCUT2D eigenvalue weighted by Crippen LogP contribution is -2.46. The molecule has 4 nitrogen and oxygen atoms in total. The van der Waals surface area contributed by atoms with Gasteiger partial charge in [0.1, 0.15) is 5.83 Å². The Morgan fingerprint density at radius 2 is 1.50 bits per heavy atom. The van der Waals surface area contributed by atoms with Gasteiger partial charge >= 0.3 is 12.4 Å². The molecule has 0 radical (unpaired) electrons. The zero-order valence-electron chi connectivity index (χ0n) is 21.6. The summed E-state index contributed by atoms with van der Waals surface area (Å²) in [6.07, 6.45) is -14.1. The molecule has 0 saturated carbocycles. The van der Waals surface area contributed by atoms with E-state index in [2.05, 4.69) is 0 Å². The first-order chi connectivity index (χ1) is 19.2. The van der Waals surface area contributed by atoms with Crippen LogP contribution in [0.2, 0.25) is 15.1 Å². The van der Waals surface area contributed by atoms with Crippen molar-refractivity contribution in [2.45, 2.75) is 63.5 Å². The van der Waals surface area contributed by atoms with Crippen molar-refractivity contribution in [1.82, 2.24) is 10.6 Å². The molecule has 42 heavy (non-hydrogen) atoms. The Kier molecular flexibility index (Phi) is 11.7. The molecule has 0 spiro atoms. The van der Waals surface area contributed by atoms with Gasteiger partial charge in [-0.25, -0.2) is 13.2 Å². The van der Waals surface area contributed by atoms with Crippen LogP contribution >= 0.6 is 34.8 Å². The fourth-order valence-electron chi connectivity index (χ4n) is 3.68. The summed E-state index contributed by atoms with van der Waals surface area (Å²) in [6.45, 7) is 2.20. The van der Waals surface area contributed by atoms with E-state index in [-0.39, 0.29) is 26.7 Å². The number of allylic oxidation sites excluding steroid dienone is 1. The van der Waals surface area contributed by atoms with Crippen LogP contribution in [0.25, 0.3) is 5.83 Å². The second-order valence-electron chi connectivity index (χ2n) is 9.04. The van der Waals surface area contributed by atoms with Gasteiger partial charge in [-0.1, -0.05) is 47.8 Å².